The third-order valence-electron chi connectivity index (χ3n) is 7.28. The Balaban J connectivity index is 1.42. The lowest BCUT2D eigenvalue weighted by atomic mass is 9.96. The summed E-state index contributed by atoms with van der Waals surface area (Å²) in [5.74, 6) is 0. The van der Waals surface area contributed by atoms with E-state index in [-0.39, 0.29) is 12.1 Å². The van der Waals surface area contributed by atoms with Gasteiger partial charge in [-0.15, -0.1) is 0 Å². The molecule has 35 heavy (non-hydrogen) atoms. The summed E-state index contributed by atoms with van der Waals surface area (Å²) in [6.07, 6.45) is 3.00. The molecule has 6 nitrogen and oxygen atoms in total. The number of hydrogen-bond donors (Lipinski definition) is 1. The predicted octanol–water partition coefficient (Wildman–Crippen LogP) is 4.39. The third-order valence-corrected chi connectivity index (χ3v) is 7.64. The van der Waals surface area contributed by atoms with Crippen LogP contribution >= 0.6 is 12.2 Å². The van der Waals surface area contributed by atoms with Crippen LogP contribution < -0.4 is 5.32 Å². The first kappa shape index (κ1) is 24.0. The van der Waals surface area contributed by atoms with Crippen LogP contribution in [0.3, 0.4) is 0 Å². The summed E-state index contributed by atoms with van der Waals surface area (Å²) in [6, 6.07) is 19.1. The van der Waals surface area contributed by atoms with Gasteiger partial charge >= 0.3 is 0 Å². The van der Waals surface area contributed by atoms with E-state index >= 15 is 0 Å². The molecule has 0 bridgehead atoms. The van der Waals surface area contributed by atoms with Gasteiger partial charge < -0.3 is 19.5 Å². The molecule has 4 heterocycles. The number of ether oxygens (including phenoxy) is 1. The molecule has 0 radical (unpaired) electrons. The fraction of sp³-hybridized carbons (Fsp3) is 0.429. The molecule has 0 amide bonds. The van der Waals surface area contributed by atoms with Crippen molar-refractivity contribution < 1.29 is 4.74 Å². The highest BCUT2D eigenvalue weighted by molar-refractivity contribution is 7.80. The molecule has 0 spiro atoms. The van der Waals surface area contributed by atoms with Gasteiger partial charge in [-0.05, 0) is 61.8 Å². The minimum Gasteiger partial charge on any atom is -0.379 e. The topological polar surface area (TPSA) is 45.6 Å². The Bertz CT molecular complexity index is 1130. The standard InChI is InChI=1S/C28H35N5OS/c1-21-19-24(22(2)32(21)14-8-13-31-15-17-34-18-16-31)27-26(25-11-6-7-12-29-25)30-28(35)33(27)20-23-9-4-3-5-10-23/h3-7,9-12,19,26-27H,8,13-18,20H2,1-2H3,(H,30,35)/t26-,27-/m0/s1. The number of thiocarbonyl (C=S) groups is 1. The predicted molar refractivity (Wildman–Crippen MR) is 143 cm³/mol. The molecule has 3 aromatic rings. The molecule has 2 aromatic heterocycles. The van der Waals surface area contributed by atoms with E-state index in [2.05, 4.69) is 82.1 Å². The molecule has 5 rings (SSSR count). The Morgan fingerprint density at radius 2 is 1.80 bits per heavy atom. The van der Waals surface area contributed by atoms with E-state index in [4.69, 9.17) is 21.9 Å². The largest absolute Gasteiger partial charge is 0.379 e. The van der Waals surface area contributed by atoms with E-state index in [9.17, 15) is 0 Å². The zero-order chi connectivity index (χ0) is 24.2. The lowest BCUT2D eigenvalue weighted by Crippen LogP contribution is -2.37. The first-order valence-corrected chi connectivity index (χ1v) is 13.0. The van der Waals surface area contributed by atoms with Crippen LogP contribution in [0.5, 0.6) is 0 Å². The van der Waals surface area contributed by atoms with Crippen LogP contribution in [-0.4, -0.2) is 57.3 Å². The number of nitrogens with zero attached hydrogens (tertiary/aromatic N) is 4. The van der Waals surface area contributed by atoms with Crippen molar-refractivity contribution in [3.05, 3.63) is 89.0 Å². The van der Waals surface area contributed by atoms with Crippen LogP contribution in [0.2, 0.25) is 0 Å². The quantitative estimate of drug-likeness (QED) is 0.474. The Hall–Kier alpha value is -2.74. The van der Waals surface area contributed by atoms with Gasteiger partial charge in [0, 0.05) is 50.3 Å². The van der Waals surface area contributed by atoms with Gasteiger partial charge in [-0.1, -0.05) is 36.4 Å². The number of morpholine rings is 1. The number of aryl methyl sites for hydroxylation is 1. The summed E-state index contributed by atoms with van der Waals surface area (Å²) in [4.78, 5) is 9.55. The highest BCUT2D eigenvalue weighted by Gasteiger charge is 2.41. The molecule has 0 aliphatic carbocycles. The van der Waals surface area contributed by atoms with E-state index < -0.39 is 0 Å². The highest BCUT2D eigenvalue weighted by Crippen LogP contribution is 2.41. The van der Waals surface area contributed by atoms with Gasteiger partial charge in [-0.25, -0.2) is 0 Å². The molecule has 2 fully saturated rings. The zero-order valence-corrected chi connectivity index (χ0v) is 21.5. The maximum atomic E-state index is 5.88. The normalized spacial score (nSPS) is 20.9. The monoisotopic (exact) mass is 489 g/mol. The molecule has 2 saturated heterocycles. The lowest BCUT2D eigenvalue weighted by molar-refractivity contribution is 0.0369. The van der Waals surface area contributed by atoms with Crippen LogP contribution in [0, 0.1) is 13.8 Å². The molecule has 2 aliphatic heterocycles. The van der Waals surface area contributed by atoms with E-state index in [1.807, 2.05) is 12.3 Å². The number of rotatable bonds is 8. The summed E-state index contributed by atoms with van der Waals surface area (Å²) in [6.45, 7) is 11.2. The summed E-state index contributed by atoms with van der Waals surface area (Å²) >= 11 is 5.88. The van der Waals surface area contributed by atoms with Crippen LogP contribution in [0.4, 0.5) is 0 Å². The number of nitrogens with one attached hydrogen (secondary N) is 1. The molecular formula is C28H35N5OS. The van der Waals surface area contributed by atoms with Crippen molar-refractivity contribution in [2.45, 2.75) is 45.4 Å². The first-order chi connectivity index (χ1) is 17.1. The van der Waals surface area contributed by atoms with Crippen molar-refractivity contribution in [3.63, 3.8) is 0 Å². The number of aromatic nitrogens is 2. The Morgan fingerprint density at radius 3 is 2.54 bits per heavy atom. The minimum absolute atomic E-state index is 0.00899. The smallest absolute Gasteiger partial charge is 0.170 e. The van der Waals surface area contributed by atoms with Gasteiger partial charge in [-0.2, -0.15) is 0 Å². The number of hydrogen-bond acceptors (Lipinski definition) is 4. The first-order valence-electron chi connectivity index (χ1n) is 12.6. The molecule has 2 atom stereocenters. The van der Waals surface area contributed by atoms with Gasteiger partial charge in [0.1, 0.15) is 0 Å². The number of pyridine rings is 1. The highest BCUT2D eigenvalue weighted by atomic mass is 32.1. The summed E-state index contributed by atoms with van der Waals surface area (Å²) < 4.78 is 7.98. The van der Waals surface area contributed by atoms with Gasteiger partial charge in [0.25, 0.3) is 0 Å². The van der Waals surface area contributed by atoms with Gasteiger partial charge in [0.15, 0.2) is 5.11 Å². The lowest BCUT2D eigenvalue weighted by Gasteiger charge is -2.28. The summed E-state index contributed by atoms with van der Waals surface area (Å²) in [5, 5.41) is 4.38. The van der Waals surface area contributed by atoms with Crippen LogP contribution in [0.1, 0.15) is 46.7 Å². The number of benzene rings is 1. The van der Waals surface area contributed by atoms with Crippen LogP contribution in [0.25, 0.3) is 0 Å². The van der Waals surface area contributed by atoms with E-state index in [1.165, 1.54) is 22.5 Å². The van der Waals surface area contributed by atoms with Crippen LogP contribution in [0.15, 0.2) is 60.8 Å². The van der Waals surface area contributed by atoms with Crippen molar-refractivity contribution in [1.29, 1.82) is 0 Å². The molecular weight excluding hydrogens is 454 g/mol. The maximum Gasteiger partial charge on any atom is 0.170 e. The summed E-state index contributed by atoms with van der Waals surface area (Å²) in [5.41, 5.74) is 6.22. The fourth-order valence-corrected chi connectivity index (χ4v) is 5.75. The molecule has 7 heteroatoms. The van der Waals surface area contributed by atoms with Gasteiger partial charge in [-0.3, -0.25) is 9.88 Å². The third kappa shape index (κ3) is 5.27. The van der Waals surface area contributed by atoms with E-state index in [0.717, 1.165) is 63.2 Å². The van der Waals surface area contributed by atoms with E-state index in [0.29, 0.717) is 0 Å². The summed E-state index contributed by atoms with van der Waals surface area (Å²) in [7, 11) is 0. The van der Waals surface area contributed by atoms with E-state index in [1.54, 1.807) is 0 Å². The van der Waals surface area contributed by atoms with Crippen molar-refractivity contribution in [3.8, 4) is 0 Å². The molecule has 1 aromatic carbocycles. The molecule has 0 unspecified atom stereocenters. The van der Waals surface area contributed by atoms with Crippen molar-refractivity contribution in [1.82, 2.24) is 24.7 Å². The Kier molecular flexibility index (Phi) is 7.46. The van der Waals surface area contributed by atoms with Crippen molar-refractivity contribution >= 4 is 17.3 Å². The Labute approximate surface area is 213 Å². The molecule has 184 valence electrons. The average molecular weight is 490 g/mol. The van der Waals surface area contributed by atoms with Crippen LogP contribution in [-0.2, 0) is 17.8 Å². The molecule has 1 N–H and O–H groups in total. The van der Waals surface area contributed by atoms with Crippen molar-refractivity contribution in [2.75, 3.05) is 32.8 Å². The maximum absolute atomic E-state index is 5.88. The van der Waals surface area contributed by atoms with Crippen molar-refractivity contribution in [2.24, 2.45) is 0 Å². The van der Waals surface area contributed by atoms with Gasteiger partial charge in [0.05, 0.1) is 31.0 Å². The second-order valence-electron chi connectivity index (χ2n) is 9.53. The second-order valence-corrected chi connectivity index (χ2v) is 9.91. The second kappa shape index (κ2) is 10.9. The minimum atomic E-state index is 0.00899. The van der Waals surface area contributed by atoms with Gasteiger partial charge in [0.2, 0.25) is 0 Å². The molecule has 0 saturated carbocycles. The fourth-order valence-electron chi connectivity index (χ4n) is 5.44. The SMILES string of the molecule is Cc1cc([C@H]2[C@H](c3ccccn3)NC(=S)N2Cc2ccccc2)c(C)n1CCCN1CCOCC1. The zero-order valence-electron chi connectivity index (χ0n) is 20.7. The Morgan fingerprint density at radius 1 is 1.03 bits per heavy atom. The molecule has 2 aliphatic rings. The average Bonchev–Trinajstić information content (AvgIpc) is 3.36.